The quantitative estimate of drug-likeness (QED) is 0.523. The molecule has 0 bridgehead atoms. The number of ether oxygens (including phenoxy) is 2. The van der Waals surface area contributed by atoms with Gasteiger partial charge in [0.25, 0.3) is 5.91 Å². The molecule has 3 aromatic rings. The number of halogens is 1. The second kappa shape index (κ2) is 9.58. The van der Waals surface area contributed by atoms with E-state index in [9.17, 15) is 9.59 Å². The molecule has 0 aliphatic carbocycles. The molecular weight excluding hydrogens is 394 g/mol. The Labute approximate surface area is 173 Å². The maximum Gasteiger partial charge on any atom is 0.336 e. The van der Waals surface area contributed by atoms with Crippen LogP contribution in [0, 0.1) is 6.92 Å². The fraction of sp³-hybridized carbons (Fsp3) is 0.273. The highest BCUT2D eigenvalue weighted by Gasteiger charge is 2.16. The van der Waals surface area contributed by atoms with Crippen molar-refractivity contribution in [3.63, 3.8) is 0 Å². The number of fused-ring (bicyclic) bond motifs is 1. The van der Waals surface area contributed by atoms with Gasteiger partial charge in [-0.25, -0.2) is 4.79 Å². The van der Waals surface area contributed by atoms with Crippen molar-refractivity contribution >= 4 is 28.5 Å². The fourth-order valence-corrected chi connectivity index (χ4v) is 3.18. The molecule has 0 aliphatic rings. The molecule has 1 aromatic heterocycles. The number of amides is 1. The molecular formula is C22H22ClNO5. The highest BCUT2D eigenvalue weighted by atomic mass is 35.5. The van der Waals surface area contributed by atoms with E-state index in [2.05, 4.69) is 0 Å². The summed E-state index contributed by atoms with van der Waals surface area (Å²) < 4.78 is 16.0. The largest absolute Gasteiger partial charge is 0.482 e. The molecule has 0 fully saturated rings. The van der Waals surface area contributed by atoms with Crippen LogP contribution >= 0.6 is 11.6 Å². The number of benzene rings is 2. The zero-order valence-corrected chi connectivity index (χ0v) is 17.1. The molecule has 1 amide bonds. The minimum Gasteiger partial charge on any atom is -0.482 e. The summed E-state index contributed by atoms with van der Waals surface area (Å²) in [6.45, 7) is 2.91. The van der Waals surface area contributed by atoms with E-state index in [-0.39, 0.29) is 18.3 Å². The van der Waals surface area contributed by atoms with Gasteiger partial charge >= 0.3 is 5.63 Å². The number of carbonyl (C=O) groups excluding carboxylic acids is 1. The number of rotatable bonds is 8. The first kappa shape index (κ1) is 20.9. The lowest BCUT2D eigenvalue weighted by atomic mass is 10.1. The first-order valence-electron chi connectivity index (χ1n) is 9.15. The average Bonchev–Trinajstić information content (AvgIpc) is 2.70. The third-order valence-corrected chi connectivity index (χ3v) is 4.78. The van der Waals surface area contributed by atoms with Crippen LogP contribution in [0.1, 0.15) is 11.1 Å². The molecule has 0 saturated heterocycles. The van der Waals surface area contributed by atoms with Gasteiger partial charge < -0.3 is 18.8 Å². The Kier molecular flexibility index (Phi) is 6.90. The Morgan fingerprint density at radius 3 is 2.66 bits per heavy atom. The van der Waals surface area contributed by atoms with Crippen molar-refractivity contribution in [2.75, 3.05) is 26.9 Å². The first-order chi connectivity index (χ1) is 14.0. The molecule has 0 N–H and O–H groups in total. The van der Waals surface area contributed by atoms with E-state index in [0.717, 1.165) is 16.5 Å². The number of methoxy groups -OCH3 is 1. The lowest BCUT2D eigenvalue weighted by Gasteiger charge is -2.23. The monoisotopic (exact) mass is 415 g/mol. The molecule has 0 saturated carbocycles. The minimum absolute atomic E-state index is 0.197. The van der Waals surface area contributed by atoms with Crippen LogP contribution in [0.3, 0.4) is 0 Å². The summed E-state index contributed by atoms with van der Waals surface area (Å²) in [5.74, 6) is 0.0837. The number of aryl methyl sites for hydroxylation is 1. The van der Waals surface area contributed by atoms with E-state index in [1.807, 2.05) is 30.3 Å². The van der Waals surface area contributed by atoms with Crippen molar-refractivity contribution in [3.8, 4) is 5.75 Å². The lowest BCUT2D eigenvalue weighted by Crippen LogP contribution is -2.36. The third kappa shape index (κ3) is 5.37. The highest BCUT2D eigenvalue weighted by Crippen LogP contribution is 2.31. The number of hydrogen-bond donors (Lipinski definition) is 0. The maximum atomic E-state index is 12.7. The summed E-state index contributed by atoms with van der Waals surface area (Å²) in [4.78, 5) is 26.0. The molecule has 7 heteroatoms. The third-order valence-electron chi connectivity index (χ3n) is 4.49. The Balaban J connectivity index is 1.74. The van der Waals surface area contributed by atoms with Gasteiger partial charge in [0.1, 0.15) is 11.3 Å². The molecule has 3 rings (SSSR count). The Morgan fingerprint density at radius 1 is 1.17 bits per heavy atom. The van der Waals surface area contributed by atoms with E-state index in [1.165, 1.54) is 12.1 Å². The van der Waals surface area contributed by atoms with E-state index in [0.29, 0.717) is 30.3 Å². The van der Waals surface area contributed by atoms with Crippen LogP contribution in [0.25, 0.3) is 11.0 Å². The van der Waals surface area contributed by atoms with E-state index in [1.54, 1.807) is 25.0 Å². The smallest absolute Gasteiger partial charge is 0.336 e. The SMILES string of the molecule is COCCN(Cc1ccccc1)C(=O)COc1cc2oc(=O)cc(C)c2cc1Cl. The van der Waals surface area contributed by atoms with Gasteiger partial charge in [0, 0.05) is 37.7 Å². The van der Waals surface area contributed by atoms with Gasteiger partial charge in [-0.1, -0.05) is 41.9 Å². The van der Waals surface area contributed by atoms with Gasteiger partial charge in [-0.05, 0) is 24.1 Å². The lowest BCUT2D eigenvalue weighted by molar-refractivity contribution is -0.134. The van der Waals surface area contributed by atoms with Crippen LogP contribution in [-0.4, -0.2) is 37.7 Å². The predicted molar refractivity (Wildman–Crippen MR) is 111 cm³/mol. The predicted octanol–water partition coefficient (Wildman–Crippen LogP) is 3.81. The summed E-state index contributed by atoms with van der Waals surface area (Å²) in [7, 11) is 1.59. The molecule has 1 heterocycles. The second-order valence-corrected chi connectivity index (χ2v) is 7.02. The van der Waals surface area contributed by atoms with Crippen molar-refractivity contribution in [1.82, 2.24) is 4.90 Å². The van der Waals surface area contributed by atoms with Crippen LogP contribution in [0.2, 0.25) is 5.02 Å². The van der Waals surface area contributed by atoms with Crippen LogP contribution in [-0.2, 0) is 16.1 Å². The average molecular weight is 416 g/mol. The Morgan fingerprint density at radius 2 is 1.93 bits per heavy atom. The second-order valence-electron chi connectivity index (χ2n) is 6.61. The molecule has 152 valence electrons. The van der Waals surface area contributed by atoms with Gasteiger partial charge in [0.05, 0.1) is 11.6 Å². The summed E-state index contributed by atoms with van der Waals surface area (Å²) in [6, 6.07) is 14.3. The number of carbonyl (C=O) groups is 1. The van der Waals surface area contributed by atoms with Crippen LogP contribution in [0.15, 0.2) is 57.7 Å². The van der Waals surface area contributed by atoms with Crippen molar-refractivity contribution in [2.45, 2.75) is 13.5 Å². The normalized spacial score (nSPS) is 10.9. The molecule has 0 atom stereocenters. The molecule has 0 unspecified atom stereocenters. The summed E-state index contributed by atoms with van der Waals surface area (Å²) >= 11 is 6.30. The molecule has 6 nitrogen and oxygen atoms in total. The highest BCUT2D eigenvalue weighted by molar-refractivity contribution is 6.32. The zero-order valence-electron chi connectivity index (χ0n) is 16.3. The summed E-state index contributed by atoms with van der Waals surface area (Å²) in [5, 5.41) is 1.06. The molecule has 0 radical (unpaired) electrons. The van der Waals surface area contributed by atoms with Gasteiger partial charge in [-0.15, -0.1) is 0 Å². The summed E-state index contributed by atoms with van der Waals surface area (Å²) in [5.41, 5.74) is 1.68. The standard InChI is InChI=1S/C22H22ClNO5/c1-15-10-22(26)29-19-12-20(18(23)11-17(15)19)28-14-21(25)24(8-9-27-2)13-16-6-4-3-5-7-16/h3-7,10-12H,8-9,13-14H2,1-2H3. The van der Waals surface area contributed by atoms with E-state index < -0.39 is 5.63 Å². The topological polar surface area (TPSA) is 69.0 Å². The molecule has 0 aliphatic heterocycles. The van der Waals surface area contributed by atoms with Crippen LogP contribution in [0.5, 0.6) is 5.75 Å². The van der Waals surface area contributed by atoms with Crippen molar-refractivity contribution in [1.29, 1.82) is 0 Å². The van der Waals surface area contributed by atoms with Crippen molar-refractivity contribution in [2.24, 2.45) is 0 Å². The van der Waals surface area contributed by atoms with Gasteiger partial charge in [-0.3, -0.25) is 4.79 Å². The summed E-state index contributed by atoms with van der Waals surface area (Å²) in [6.07, 6.45) is 0. The Bertz CT molecular complexity index is 1050. The van der Waals surface area contributed by atoms with Crippen LogP contribution < -0.4 is 10.4 Å². The Hall–Kier alpha value is -2.83. The van der Waals surface area contributed by atoms with Crippen molar-refractivity contribution in [3.05, 3.63) is 75.1 Å². The first-order valence-corrected chi connectivity index (χ1v) is 9.53. The number of hydrogen-bond acceptors (Lipinski definition) is 5. The minimum atomic E-state index is -0.451. The van der Waals surface area contributed by atoms with Gasteiger partial charge in [-0.2, -0.15) is 0 Å². The zero-order chi connectivity index (χ0) is 20.8. The number of nitrogens with zero attached hydrogens (tertiary/aromatic N) is 1. The fourth-order valence-electron chi connectivity index (χ4n) is 2.96. The molecule has 2 aromatic carbocycles. The molecule has 0 spiro atoms. The maximum absolute atomic E-state index is 12.7. The van der Waals surface area contributed by atoms with Crippen molar-refractivity contribution < 1.29 is 18.7 Å². The molecule has 29 heavy (non-hydrogen) atoms. The van der Waals surface area contributed by atoms with Gasteiger partial charge in [0.2, 0.25) is 0 Å². The van der Waals surface area contributed by atoms with E-state index in [4.69, 9.17) is 25.5 Å². The van der Waals surface area contributed by atoms with E-state index >= 15 is 0 Å². The van der Waals surface area contributed by atoms with Gasteiger partial charge in [0.15, 0.2) is 6.61 Å². The van der Waals surface area contributed by atoms with Crippen LogP contribution in [0.4, 0.5) is 0 Å².